The summed E-state index contributed by atoms with van der Waals surface area (Å²) in [5.41, 5.74) is 1.48. The SMILES string of the molecule is Cn1ccc(C2CCNC2)c1. The first-order valence-corrected chi connectivity index (χ1v) is 4.19. The Balaban J connectivity index is 2.15. The van der Waals surface area contributed by atoms with Gasteiger partial charge in [0.05, 0.1) is 0 Å². The van der Waals surface area contributed by atoms with Crippen LogP contribution in [0, 0.1) is 0 Å². The van der Waals surface area contributed by atoms with Gasteiger partial charge < -0.3 is 9.88 Å². The Morgan fingerprint density at radius 3 is 3.09 bits per heavy atom. The molecule has 1 aromatic heterocycles. The van der Waals surface area contributed by atoms with Crippen LogP contribution >= 0.6 is 0 Å². The second-order valence-corrected chi connectivity index (χ2v) is 3.30. The molecule has 1 fully saturated rings. The maximum Gasteiger partial charge on any atom is 0.0106 e. The molecule has 2 heteroatoms. The van der Waals surface area contributed by atoms with Crippen molar-refractivity contribution in [2.45, 2.75) is 12.3 Å². The summed E-state index contributed by atoms with van der Waals surface area (Å²) in [5.74, 6) is 0.760. The van der Waals surface area contributed by atoms with Crippen LogP contribution in [0.15, 0.2) is 18.5 Å². The molecule has 0 aliphatic carbocycles. The zero-order valence-corrected chi connectivity index (χ0v) is 6.88. The average Bonchev–Trinajstić information content (AvgIpc) is 2.55. The molecule has 1 aliphatic heterocycles. The lowest BCUT2D eigenvalue weighted by molar-refractivity contribution is 0.759. The minimum atomic E-state index is 0.760. The Bertz CT molecular complexity index is 233. The van der Waals surface area contributed by atoms with Crippen LogP contribution in [0.1, 0.15) is 17.9 Å². The summed E-state index contributed by atoms with van der Waals surface area (Å²) < 4.78 is 2.12. The standard InChI is InChI=1S/C9H14N2/c1-11-5-3-9(7-11)8-2-4-10-6-8/h3,5,7-8,10H,2,4,6H2,1H3. The fourth-order valence-corrected chi connectivity index (χ4v) is 1.71. The van der Waals surface area contributed by atoms with E-state index in [2.05, 4.69) is 35.4 Å². The van der Waals surface area contributed by atoms with E-state index in [1.54, 1.807) is 0 Å². The van der Waals surface area contributed by atoms with Gasteiger partial charge in [-0.15, -0.1) is 0 Å². The normalized spacial score (nSPS) is 24.3. The molecule has 2 nitrogen and oxygen atoms in total. The summed E-state index contributed by atoms with van der Waals surface area (Å²) in [6, 6.07) is 2.22. The second kappa shape index (κ2) is 2.70. The third-order valence-corrected chi connectivity index (χ3v) is 2.39. The van der Waals surface area contributed by atoms with Gasteiger partial charge >= 0.3 is 0 Å². The smallest absolute Gasteiger partial charge is 0.0106 e. The van der Waals surface area contributed by atoms with E-state index in [9.17, 15) is 0 Å². The summed E-state index contributed by atoms with van der Waals surface area (Å²) in [4.78, 5) is 0. The van der Waals surface area contributed by atoms with Crippen LogP contribution in [0.25, 0.3) is 0 Å². The molecule has 1 N–H and O–H groups in total. The third-order valence-electron chi connectivity index (χ3n) is 2.39. The van der Waals surface area contributed by atoms with E-state index in [0.29, 0.717) is 0 Å². The average molecular weight is 150 g/mol. The van der Waals surface area contributed by atoms with E-state index < -0.39 is 0 Å². The topological polar surface area (TPSA) is 17.0 Å². The number of rotatable bonds is 1. The van der Waals surface area contributed by atoms with E-state index in [4.69, 9.17) is 0 Å². The maximum atomic E-state index is 3.37. The molecule has 1 aromatic rings. The van der Waals surface area contributed by atoms with Crippen LogP contribution in [-0.2, 0) is 7.05 Å². The van der Waals surface area contributed by atoms with Gasteiger partial charge in [-0.2, -0.15) is 0 Å². The highest BCUT2D eigenvalue weighted by molar-refractivity contribution is 5.17. The Labute approximate surface area is 67.2 Å². The highest BCUT2D eigenvalue weighted by Gasteiger charge is 2.16. The molecule has 60 valence electrons. The molecular weight excluding hydrogens is 136 g/mol. The lowest BCUT2D eigenvalue weighted by atomic mass is 10.0. The Morgan fingerprint density at radius 2 is 2.55 bits per heavy atom. The fourth-order valence-electron chi connectivity index (χ4n) is 1.71. The summed E-state index contributed by atoms with van der Waals surface area (Å²) in [6.07, 6.45) is 5.63. The Morgan fingerprint density at radius 1 is 1.64 bits per heavy atom. The molecule has 0 radical (unpaired) electrons. The largest absolute Gasteiger partial charge is 0.357 e. The number of hydrogen-bond donors (Lipinski definition) is 1. The van der Waals surface area contributed by atoms with Crippen molar-refractivity contribution in [3.05, 3.63) is 24.0 Å². The van der Waals surface area contributed by atoms with Crippen LogP contribution < -0.4 is 5.32 Å². The number of hydrogen-bond acceptors (Lipinski definition) is 1. The molecule has 1 atom stereocenters. The van der Waals surface area contributed by atoms with Gasteiger partial charge in [-0.1, -0.05) is 0 Å². The molecule has 0 bridgehead atoms. The molecule has 0 spiro atoms. The van der Waals surface area contributed by atoms with Crippen molar-refractivity contribution in [1.29, 1.82) is 0 Å². The lowest BCUT2D eigenvalue weighted by Gasteiger charge is -2.03. The van der Waals surface area contributed by atoms with Gasteiger partial charge in [0.25, 0.3) is 0 Å². The van der Waals surface area contributed by atoms with Gasteiger partial charge in [0.1, 0.15) is 0 Å². The zero-order valence-electron chi connectivity index (χ0n) is 6.88. The van der Waals surface area contributed by atoms with Crippen molar-refractivity contribution in [2.24, 2.45) is 7.05 Å². The van der Waals surface area contributed by atoms with Crippen LogP contribution in [0.4, 0.5) is 0 Å². The molecule has 0 aromatic carbocycles. The molecule has 11 heavy (non-hydrogen) atoms. The Kier molecular flexibility index (Phi) is 1.70. The van der Waals surface area contributed by atoms with Gasteiger partial charge in [-0.05, 0) is 30.5 Å². The Hall–Kier alpha value is -0.760. The molecule has 1 unspecified atom stereocenters. The predicted octanol–water partition coefficient (Wildman–Crippen LogP) is 1.10. The molecule has 0 saturated carbocycles. The molecule has 2 rings (SSSR count). The van der Waals surface area contributed by atoms with Crippen molar-refractivity contribution in [1.82, 2.24) is 9.88 Å². The number of nitrogens with zero attached hydrogens (tertiary/aromatic N) is 1. The summed E-state index contributed by atoms with van der Waals surface area (Å²) >= 11 is 0. The van der Waals surface area contributed by atoms with Gasteiger partial charge in [-0.25, -0.2) is 0 Å². The van der Waals surface area contributed by atoms with E-state index in [-0.39, 0.29) is 0 Å². The first-order valence-electron chi connectivity index (χ1n) is 4.19. The predicted molar refractivity (Wildman–Crippen MR) is 45.6 cm³/mol. The zero-order chi connectivity index (χ0) is 7.68. The number of aromatic nitrogens is 1. The molecule has 1 aliphatic rings. The lowest BCUT2D eigenvalue weighted by Crippen LogP contribution is -2.07. The first kappa shape index (κ1) is 6.92. The van der Waals surface area contributed by atoms with Crippen LogP contribution in [0.5, 0.6) is 0 Å². The molecule has 0 amide bonds. The van der Waals surface area contributed by atoms with E-state index in [0.717, 1.165) is 12.5 Å². The third kappa shape index (κ3) is 1.31. The monoisotopic (exact) mass is 150 g/mol. The van der Waals surface area contributed by atoms with E-state index in [1.807, 2.05) is 0 Å². The van der Waals surface area contributed by atoms with Gasteiger partial charge in [0, 0.05) is 26.0 Å². The fraction of sp³-hybridized carbons (Fsp3) is 0.556. The minimum absolute atomic E-state index is 0.760. The van der Waals surface area contributed by atoms with Gasteiger partial charge in [0.15, 0.2) is 0 Å². The minimum Gasteiger partial charge on any atom is -0.357 e. The van der Waals surface area contributed by atoms with E-state index in [1.165, 1.54) is 18.5 Å². The molecule has 2 heterocycles. The van der Waals surface area contributed by atoms with Crippen LogP contribution in [0.2, 0.25) is 0 Å². The maximum absolute atomic E-state index is 3.37. The van der Waals surface area contributed by atoms with Crippen molar-refractivity contribution >= 4 is 0 Å². The number of aryl methyl sites for hydroxylation is 1. The first-order chi connectivity index (χ1) is 5.36. The van der Waals surface area contributed by atoms with Gasteiger partial charge in [-0.3, -0.25) is 0 Å². The van der Waals surface area contributed by atoms with Crippen LogP contribution in [-0.4, -0.2) is 17.7 Å². The highest BCUT2D eigenvalue weighted by Crippen LogP contribution is 2.21. The van der Waals surface area contributed by atoms with Gasteiger partial charge in [0.2, 0.25) is 0 Å². The number of nitrogens with one attached hydrogen (secondary N) is 1. The highest BCUT2D eigenvalue weighted by atomic mass is 14.9. The summed E-state index contributed by atoms with van der Waals surface area (Å²) in [7, 11) is 2.08. The summed E-state index contributed by atoms with van der Waals surface area (Å²) in [6.45, 7) is 2.34. The second-order valence-electron chi connectivity index (χ2n) is 3.30. The van der Waals surface area contributed by atoms with Crippen molar-refractivity contribution < 1.29 is 0 Å². The van der Waals surface area contributed by atoms with Crippen molar-refractivity contribution in [3.8, 4) is 0 Å². The molecule has 1 saturated heterocycles. The van der Waals surface area contributed by atoms with Crippen LogP contribution in [0.3, 0.4) is 0 Å². The van der Waals surface area contributed by atoms with Crippen molar-refractivity contribution in [2.75, 3.05) is 13.1 Å². The summed E-state index contributed by atoms with van der Waals surface area (Å²) in [5, 5.41) is 3.37. The molecular formula is C9H14N2. The van der Waals surface area contributed by atoms with E-state index >= 15 is 0 Å². The van der Waals surface area contributed by atoms with Crippen molar-refractivity contribution in [3.63, 3.8) is 0 Å². The quantitative estimate of drug-likeness (QED) is 0.634.